The molecule has 1 N–H and O–H groups in total. The van der Waals surface area contributed by atoms with Crippen LogP contribution < -0.4 is 10.9 Å². The predicted octanol–water partition coefficient (Wildman–Crippen LogP) is 1.75. The van der Waals surface area contributed by atoms with Crippen molar-refractivity contribution in [2.75, 3.05) is 6.54 Å². The number of nitrogens with one attached hydrogen (secondary N) is 1. The van der Waals surface area contributed by atoms with Crippen LogP contribution in [0.1, 0.15) is 42.8 Å². The zero-order valence-electron chi connectivity index (χ0n) is 14.2. The van der Waals surface area contributed by atoms with Gasteiger partial charge in [0.15, 0.2) is 5.76 Å². The molecule has 0 bridgehead atoms. The van der Waals surface area contributed by atoms with Crippen LogP contribution in [0.5, 0.6) is 0 Å². The average Bonchev–Trinajstić information content (AvgIpc) is 3.03. The minimum atomic E-state index is -0.322. The van der Waals surface area contributed by atoms with Crippen LogP contribution in [0.4, 0.5) is 0 Å². The quantitative estimate of drug-likeness (QED) is 0.795. The summed E-state index contributed by atoms with van der Waals surface area (Å²) in [6.45, 7) is 6.79. The number of ether oxygens (including phenoxy) is 1. The third-order valence-electron chi connectivity index (χ3n) is 3.38. The summed E-state index contributed by atoms with van der Waals surface area (Å²) in [5, 5.41) is 2.72. The van der Waals surface area contributed by atoms with Gasteiger partial charge in [-0.25, -0.2) is 4.98 Å². The maximum Gasteiger partial charge on any atom is 0.287 e. The van der Waals surface area contributed by atoms with Gasteiger partial charge in [0.2, 0.25) is 0 Å². The highest BCUT2D eigenvalue weighted by Crippen LogP contribution is 2.10. The average molecular weight is 333 g/mol. The van der Waals surface area contributed by atoms with Crippen molar-refractivity contribution in [1.82, 2.24) is 14.9 Å². The van der Waals surface area contributed by atoms with Gasteiger partial charge in [-0.05, 0) is 32.4 Å². The van der Waals surface area contributed by atoms with Crippen LogP contribution in [0.2, 0.25) is 0 Å². The number of furan rings is 1. The summed E-state index contributed by atoms with van der Waals surface area (Å²) >= 11 is 0. The van der Waals surface area contributed by atoms with Crippen molar-refractivity contribution < 1.29 is 13.9 Å². The van der Waals surface area contributed by atoms with Crippen LogP contribution in [0, 0.1) is 0 Å². The molecule has 2 rings (SSSR count). The van der Waals surface area contributed by atoms with Crippen molar-refractivity contribution in [2.45, 2.75) is 46.4 Å². The molecular formula is C17H23N3O4. The molecule has 0 atom stereocenters. The van der Waals surface area contributed by atoms with Gasteiger partial charge in [-0.2, -0.15) is 0 Å². The summed E-state index contributed by atoms with van der Waals surface area (Å²) in [5.41, 5.74) is 0.634. The Bertz CT molecular complexity index is 733. The van der Waals surface area contributed by atoms with Crippen molar-refractivity contribution in [3.05, 3.63) is 52.1 Å². The lowest BCUT2D eigenvalue weighted by Gasteiger charge is -2.07. The van der Waals surface area contributed by atoms with E-state index >= 15 is 0 Å². The number of aryl methyl sites for hydroxylation is 1. The smallest absolute Gasteiger partial charge is 0.287 e. The van der Waals surface area contributed by atoms with Gasteiger partial charge < -0.3 is 14.5 Å². The van der Waals surface area contributed by atoms with E-state index in [2.05, 4.69) is 10.3 Å². The van der Waals surface area contributed by atoms with E-state index in [1.165, 1.54) is 17.0 Å². The third-order valence-corrected chi connectivity index (χ3v) is 3.38. The fourth-order valence-corrected chi connectivity index (χ4v) is 2.03. The fraction of sp³-hybridized carbons (Fsp3) is 0.471. The van der Waals surface area contributed by atoms with Gasteiger partial charge in [0.05, 0.1) is 12.4 Å². The largest absolute Gasteiger partial charge is 0.453 e. The molecule has 7 nitrogen and oxygen atoms in total. The van der Waals surface area contributed by atoms with Crippen LogP contribution >= 0.6 is 0 Å². The molecule has 0 unspecified atom stereocenters. The molecule has 2 aromatic rings. The number of aromatic nitrogens is 2. The molecule has 0 aliphatic carbocycles. The molecule has 2 aromatic heterocycles. The second-order valence-electron chi connectivity index (χ2n) is 5.65. The Kier molecular flexibility index (Phi) is 6.31. The summed E-state index contributed by atoms with van der Waals surface area (Å²) in [5.74, 6) is 0.505. The molecule has 2 heterocycles. The fourth-order valence-electron chi connectivity index (χ4n) is 2.03. The summed E-state index contributed by atoms with van der Waals surface area (Å²) in [7, 11) is 0. The zero-order chi connectivity index (χ0) is 17.5. The SMILES string of the molecule is CCc1cc(=O)n(CCNC(=O)c2ccc(COC(C)C)o2)cn1. The lowest BCUT2D eigenvalue weighted by atomic mass is 10.3. The van der Waals surface area contributed by atoms with E-state index in [0.29, 0.717) is 31.9 Å². The second kappa shape index (κ2) is 8.44. The Hall–Kier alpha value is -2.41. The van der Waals surface area contributed by atoms with Gasteiger partial charge in [0.1, 0.15) is 12.4 Å². The zero-order valence-corrected chi connectivity index (χ0v) is 14.2. The predicted molar refractivity (Wildman–Crippen MR) is 88.8 cm³/mol. The number of carbonyl (C=O) groups is 1. The highest BCUT2D eigenvalue weighted by molar-refractivity contribution is 5.91. The van der Waals surface area contributed by atoms with Crippen molar-refractivity contribution in [3.8, 4) is 0 Å². The van der Waals surface area contributed by atoms with Gasteiger partial charge in [0, 0.05) is 24.8 Å². The molecule has 130 valence electrons. The van der Waals surface area contributed by atoms with E-state index in [0.717, 1.165) is 5.69 Å². The van der Waals surface area contributed by atoms with Gasteiger partial charge in [0.25, 0.3) is 11.5 Å². The maximum atomic E-state index is 12.0. The van der Waals surface area contributed by atoms with E-state index in [4.69, 9.17) is 9.15 Å². The second-order valence-corrected chi connectivity index (χ2v) is 5.65. The summed E-state index contributed by atoms with van der Waals surface area (Å²) in [6.07, 6.45) is 2.31. The molecule has 0 aliphatic rings. The molecular weight excluding hydrogens is 310 g/mol. The topological polar surface area (TPSA) is 86.4 Å². The Morgan fingerprint density at radius 1 is 1.42 bits per heavy atom. The first-order valence-electron chi connectivity index (χ1n) is 8.03. The van der Waals surface area contributed by atoms with E-state index in [9.17, 15) is 9.59 Å². The number of nitrogens with zero attached hydrogens (tertiary/aromatic N) is 2. The van der Waals surface area contributed by atoms with Crippen LogP contribution in [0.15, 0.2) is 33.7 Å². The van der Waals surface area contributed by atoms with Gasteiger partial charge in [-0.1, -0.05) is 6.92 Å². The molecule has 0 aliphatic heterocycles. The maximum absolute atomic E-state index is 12.0. The highest BCUT2D eigenvalue weighted by atomic mass is 16.5. The van der Waals surface area contributed by atoms with Crippen LogP contribution in [-0.2, 0) is 24.3 Å². The summed E-state index contributed by atoms with van der Waals surface area (Å²) < 4.78 is 12.3. The molecule has 0 spiro atoms. The van der Waals surface area contributed by atoms with Crippen molar-refractivity contribution >= 4 is 5.91 Å². The van der Waals surface area contributed by atoms with Crippen molar-refractivity contribution in [1.29, 1.82) is 0 Å². The number of hydrogen-bond acceptors (Lipinski definition) is 5. The van der Waals surface area contributed by atoms with E-state index in [1.807, 2.05) is 20.8 Å². The minimum Gasteiger partial charge on any atom is -0.453 e. The summed E-state index contributed by atoms with van der Waals surface area (Å²) in [4.78, 5) is 28.0. The molecule has 24 heavy (non-hydrogen) atoms. The summed E-state index contributed by atoms with van der Waals surface area (Å²) in [6, 6.07) is 4.84. The van der Waals surface area contributed by atoms with E-state index in [-0.39, 0.29) is 23.3 Å². The van der Waals surface area contributed by atoms with E-state index < -0.39 is 0 Å². The molecule has 7 heteroatoms. The molecule has 1 amide bonds. The standard InChI is InChI=1S/C17H23N3O4/c1-4-13-9-16(21)20(11-19-13)8-7-18-17(22)15-6-5-14(24-15)10-23-12(2)3/h5-6,9,11-12H,4,7-8,10H2,1-3H3,(H,18,22). The first-order chi connectivity index (χ1) is 11.5. The van der Waals surface area contributed by atoms with Gasteiger partial charge >= 0.3 is 0 Å². The Labute approximate surface area is 140 Å². The number of amides is 1. The van der Waals surface area contributed by atoms with Crippen LogP contribution in [0.25, 0.3) is 0 Å². The molecule has 0 saturated carbocycles. The number of hydrogen-bond donors (Lipinski definition) is 1. The van der Waals surface area contributed by atoms with Crippen LogP contribution in [-0.4, -0.2) is 28.1 Å². The van der Waals surface area contributed by atoms with Crippen LogP contribution in [0.3, 0.4) is 0 Å². The number of carbonyl (C=O) groups excluding carboxylic acids is 1. The first kappa shape index (κ1) is 17.9. The van der Waals surface area contributed by atoms with Crippen molar-refractivity contribution in [3.63, 3.8) is 0 Å². The molecule has 0 aromatic carbocycles. The lowest BCUT2D eigenvalue weighted by molar-refractivity contribution is 0.0535. The Balaban J connectivity index is 1.84. The van der Waals surface area contributed by atoms with E-state index in [1.54, 1.807) is 12.1 Å². The Morgan fingerprint density at radius 3 is 2.88 bits per heavy atom. The first-order valence-corrected chi connectivity index (χ1v) is 8.03. The minimum absolute atomic E-state index is 0.0957. The lowest BCUT2D eigenvalue weighted by Crippen LogP contribution is -2.30. The van der Waals surface area contributed by atoms with Gasteiger partial charge in [-0.15, -0.1) is 0 Å². The molecule has 0 radical (unpaired) electrons. The third kappa shape index (κ3) is 5.06. The molecule has 0 saturated heterocycles. The molecule has 0 fully saturated rings. The van der Waals surface area contributed by atoms with Gasteiger partial charge in [-0.3, -0.25) is 14.2 Å². The van der Waals surface area contributed by atoms with Crippen molar-refractivity contribution in [2.24, 2.45) is 0 Å². The Morgan fingerprint density at radius 2 is 2.21 bits per heavy atom. The number of rotatable bonds is 8. The normalized spacial score (nSPS) is 11.0. The highest BCUT2D eigenvalue weighted by Gasteiger charge is 2.11. The monoisotopic (exact) mass is 333 g/mol.